The quantitative estimate of drug-likeness (QED) is 0.571. The van der Waals surface area contributed by atoms with Crippen LogP contribution < -0.4 is 0 Å². The molecular weight excluding hydrogens is 308 g/mol. The van der Waals surface area contributed by atoms with Crippen molar-refractivity contribution in [1.29, 1.82) is 0 Å². The summed E-state index contributed by atoms with van der Waals surface area (Å²) in [4.78, 5) is 12.1. The van der Waals surface area contributed by atoms with Gasteiger partial charge < -0.3 is 9.47 Å². The zero-order chi connectivity index (χ0) is 14.6. The molecule has 1 heterocycles. The largest absolute Gasteiger partial charge is 0.464 e. The fourth-order valence-electron chi connectivity index (χ4n) is 1.92. The van der Waals surface area contributed by atoms with E-state index in [9.17, 15) is 4.79 Å². The van der Waals surface area contributed by atoms with Gasteiger partial charge in [-0.2, -0.15) is 0 Å². The molecular formula is C15H25BrO3. The maximum Gasteiger partial charge on any atom is 0.339 e. The first-order valence-corrected chi connectivity index (χ1v) is 7.74. The van der Waals surface area contributed by atoms with Gasteiger partial charge in [-0.25, -0.2) is 4.79 Å². The molecule has 0 aromatic carbocycles. The van der Waals surface area contributed by atoms with E-state index < -0.39 is 6.10 Å². The lowest BCUT2D eigenvalue weighted by Gasteiger charge is -2.37. The van der Waals surface area contributed by atoms with Gasteiger partial charge in [-0.1, -0.05) is 50.0 Å². The van der Waals surface area contributed by atoms with Gasteiger partial charge in [0.2, 0.25) is 0 Å². The molecule has 0 fully saturated rings. The van der Waals surface area contributed by atoms with Gasteiger partial charge in [-0.05, 0) is 28.8 Å². The van der Waals surface area contributed by atoms with Gasteiger partial charge in [0.25, 0.3) is 0 Å². The van der Waals surface area contributed by atoms with Crippen molar-refractivity contribution in [2.75, 3.05) is 6.61 Å². The van der Waals surface area contributed by atoms with Crippen molar-refractivity contribution >= 4 is 21.9 Å². The Labute approximate surface area is 124 Å². The predicted molar refractivity (Wildman–Crippen MR) is 80.2 cm³/mol. The summed E-state index contributed by atoms with van der Waals surface area (Å²) >= 11 is 3.57. The van der Waals surface area contributed by atoms with E-state index in [1.807, 2.05) is 6.92 Å². The van der Waals surface area contributed by atoms with Crippen molar-refractivity contribution in [2.24, 2.45) is 5.41 Å². The number of hydrogen-bond donors (Lipinski definition) is 0. The first-order chi connectivity index (χ1) is 8.77. The van der Waals surface area contributed by atoms with Crippen molar-refractivity contribution in [3.05, 3.63) is 10.1 Å². The highest BCUT2D eigenvalue weighted by atomic mass is 79.9. The average Bonchev–Trinajstić information content (AvgIpc) is 2.31. The number of hydrogen-bond acceptors (Lipinski definition) is 3. The molecule has 1 aliphatic heterocycles. The van der Waals surface area contributed by atoms with Crippen LogP contribution in [0, 0.1) is 5.41 Å². The van der Waals surface area contributed by atoms with Crippen LogP contribution in [0.15, 0.2) is 10.1 Å². The Hall–Kier alpha value is -0.350. The van der Waals surface area contributed by atoms with Gasteiger partial charge in [-0.3, -0.25) is 0 Å². The van der Waals surface area contributed by atoms with Crippen molar-refractivity contribution in [1.82, 2.24) is 0 Å². The van der Waals surface area contributed by atoms with Crippen LogP contribution in [0.25, 0.3) is 0 Å². The van der Waals surface area contributed by atoms with E-state index in [0.717, 1.165) is 29.3 Å². The minimum Gasteiger partial charge on any atom is -0.464 e. The third-order valence-electron chi connectivity index (χ3n) is 3.41. The number of unbranched alkanes of at least 4 members (excludes halogenated alkanes) is 1. The van der Waals surface area contributed by atoms with Crippen molar-refractivity contribution in [2.45, 2.75) is 66.1 Å². The van der Waals surface area contributed by atoms with Crippen molar-refractivity contribution in [3.63, 3.8) is 0 Å². The molecule has 0 aromatic heterocycles. The van der Waals surface area contributed by atoms with E-state index in [0.29, 0.717) is 6.61 Å². The molecule has 2 atom stereocenters. The first kappa shape index (κ1) is 16.7. The SMILES string of the molecule is CCCCOC(=O)[C@H]1O[C@H](C(C)(C)C)CC(Br)=C1C. The second-order valence-electron chi connectivity index (χ2n) is 6.18. The maximum atomic E-state index is 12.1. The fourth-order valence-corrected chi connectivity index (χ4v) is 2.42. The highest BCUT2D eigenvalue weighted by molar-refractivity contribution is 9.11. The summed E-state index contributed by atoms with van der Waals surface area (Å²) < 4.78 is 12.3. The lowest BCUT2D eigenvalue weighted by atomic mass is 9.84. The van der Waals surface area contributed by atoms with Gasteiger partial charge in [-0.15, -0.1) is 0 Å². The molecule has 1 aliphatic rings. The van der Waals surface area contributed by atoms with Gasteiger partial charge in [0.1, 0.15) is 0 Å². The molecule has 19 heavy (non-hydrogen) atoms. The second kappa shape index (κ2) is 6.89. The minimum atomic E-state index is -0.566. The smallest absolute Gasteiger partial charge is 0.339 e. The molecule has 3 nitrogen and oxygen atoms in total. The summed E-state index contributed by atoms with van der Waals surface area (Å²) in [5, 5.41) is 0. The molecule has 110 valence electrons. The molecule has 0 unspecified atom stereocenters. The van der Waals surface area contributed by atoms with E-state index in [1.54, 1.807) is 0 Å². The highest BCUT2D eigenvalue weighted by Crippen LogP contribution is 2.37. The number of carbonyl (C=O) groups excluding carboxylic acids is 1. The van der Waals surface area contributed by atoms with E-state index in [2.05, 4.69) is 43.6 Å². The Balaban J connectivity index is 2.75. The molecule has 1 rings (SSSR count). The lowest BCUT2D eigenvalue weighted by Crippen LogP contribution is -2.41. The van der Waals surface area contributed by atoms with Crippen LogP contribution in [0.3, 0.4) is 0 Å². The van der Waals surface area contributed by atoms with Gasteiger partial charge in [0.15, 0.2) is 6.10 Å². The van der Waals surface area contributed by atoms with Gasteiger partial charge in [0.05, 0.1) is 12.7 Å². The number of ether oxygens (including phenoxy) is 2. The summed E-state index contributed by atoms with van der Waals surface area (Å²) in [6.45, 7) is 10.8. The van der Waals surface area contributed by atoms with Crippen LogP contribution in [0.5, 0.6) is 0 Å². The van der Waals surface area contributed by atoms with Crippen LogP contribution in [0.4, 0.5) is 0 Å². The molecule has 0 amide bonds. The van der Waals surface area contributed by atoms with E-state index in [-0.39, 0.29) is 17.5 Å². The van der Waals surface area contributed by atoms with E-state index >= 15 is 0 Å². The monoisotopic (exact) mass is 332 g/mol. The summed E-state index contributed by atoms with van der Waals surface area (Å²) in [7, 11) is 0. The first-order valence-electron chi connectivity index (χ1n) is 6.94. The number of esters is 1. The topological polar surface area (TPSA) is 35.5 Å². The third kappa shape index (κ3) is 4.60. The average molecular weight is 333 g/mol. The van der Waals surface area contributed by atoms with Crippen LogP contribution >= 0.6 is 15.9 Å². The summed E-state index contributed by atoms with van der Waals surface area (Å²) in [6, 6.07) is 0. The summed E-state index contributed by atoms with van der Waals surface area (Å²) in [5.41, 5.74) is 0.934. The zero-order valence-corrected chi connectivity index (χ0v) is 14.2. The molecule has 0 N–H and O–H groups in total. The number of carbonyl (C=O) groups is 1. The third-order valence-corrected chi connectivity index (χ3v) is 4.36. The highest BCUT2D eigenvalue weighted by Gasteiger charge is 2.37. The summed E-state index contributed by atoms with van der Waals surface area (Å²) in [6.07, 6.45) is 2.18. The Morgan fingerprint density at radius 3 is 2.63 bits per heavy atom. The maximum absolute atomic E-state index is 12.1. The Bertz CT molecular complexity index is 355. The minimum absolute atomic E-state index is 0.00166. The van der Waals surface area contributed by atoms with Crippen LogP contribution in [0.2, 0.25) is 0 Å². The van der Waals surface area contributed by atoms with Gasteiger partial charge >= 0.3 is 5.97 Å². The standard InChI is InChI=1S/C15H25BrO3/c1-6-7-8-18-14(17)13-10(2)11(16)9-12(19-13)15(3,4)5/h12-13H,6-9H2,1-5H3/t12-,13-/m0/s1. The zero-order valence-electron chi connectivity index (χ0n) is 12.6. The van der Waals surface area contributed by atoms with Crippen molar-refractivity contribution < 1.29 is 14.3 Å². The fraction of sp³-hybridized carbons (Fsp3) is 0.800. The summed E-state index contributed by atoms with van der Waals surface area (Å²) in [5.74, 6) is -0.267. The normalized spacial score (nSPS) is 24.5. The van der Waals surface area contributed by atoms with Gasteiger partial charge in [0, 0.05) is 6.42 Å². The number of rotatable bonds is 4. The molecule has 4 heteroatoms. The molecule has 0 radical (unpaired) electrons. The molecule has 0 bridgehead atoms. The Morgan fingerprint density at radius 1 is 1.47 bits per heavy atom. The van der Waals surface area contributed by atoms with Crippen LogP contribution in [-0.4, -0.2) is 24.8 Å². The van der Waals surface area contributed by atoms with Crippen LogP contribution in [0.1, 0.15) is 53.9 Å². The Kier molecular flexibility index (Phi) is 6.06. The molecule has 0 spiro atoms. The molecule has 0 aliphatic carbocycles. The number of halogens is 1. The predicted octanol–water partition coefficient (Wildman–Crippen LogP) is 4.20. The van der Waals surface area contributed by atoms with E-state index in [4.69, 9.17) is 9.47 Å². The molecule has 0 saturated heterocycles. The van der Waals surface area contributed by atoms with Crippen molar-refractivity contribution in [3.8, 4) is 0 Å². The molecule has 0 saturated carbocycles. The lowest BCUT2D eigenvalue weighted by molar-refractivity contribution is -0.163. The second-order valence-corrected chi connectivity index (χ2v) is 7.14. The van der Waals surface area contributed by atoms with E-state index in [1.165, 1.54) is 0 Å². The van der Waals surface area contributed by atoms with Crippen LogP contribution in [-0.2, 0) is 14.3 Å². The Morgan fingerprint density at radius 2 is 2.11 bits per heavy atom. The molecule has 0 aromatic rings.